The number of rotatable bonds is 6. The van der Waals surface area contributed by atoms with Gasteiger partial charge in [0.2, 0.25) is 5.91 Å². The number of likely N-dealkylation sites (tertiary alicyclic amines) is 1. The molecule has 1 aliphatic heterocycles. The van der Waals surface area contributed by atoms with Crippen molar-refractivity contribution in [3.8, 4) is 0 Å². The summed E-state index contributed by atoms with van der Waals surface area (Å²) in [4.78, 5) is 20.1. The van der Waals surface area contributed by atoms with E-state index in [1.165, 1.54) is 5.56 Å². The summed E-state index contributed by atoms with van der Waals surface area (Å²) in [5, 5.41) is 6.59. The standard InChI is InChI=1S/C25H29N3OS/c1-18-8-10-21(11-9-18)24(20-6-4-3-5-7-20)27-25(29)22-12-14-28(15-13-22)16-23-17-30-19(2)26-23/h3-11,17,22,24H,12-16H2,1-2H3,(H,27,29). The molecule has 5 heteroatoms. The first-order valence-electron chi connectivity index (χ1n) is 10.6. The highest BCUT2D eigenvalue weighted by molar-refractivity contribution is 7.09. The normalized spacial score (nSPS) is 16.3. The molecule has 1 unspecified atom stereocenters. The summed E-state index contributed by atoms with van der Waals surface area (Å²) in [7, 11) is 0. The molecule has 1 saturated heterocycles. The first kappa shape index (κ1) is 20.8. The third-order valence-corrected chi connectivity index (χ3v) is 6.66. The minimum Gasteiger partial charge on any atom is -0.345 e. The van der Waals surface area contributed by atoms with Crippen LogP contribution in [0.2, 0.25) is 0 Å². The van der Waals surface area contributed by atoms with Crippen molar-refractivity contribution in [2.75, 3.05) is 13.1 Å². The third kappa shape index (κ3) is 5.15. The second-order valence-electron chi connectivity index (χ2n) is 8.17. The summed E-state index contributed by atoms with van der Waals surface area (Å²) >= 11 is 1.70. The lowest BCUT2D eigenvalue weighted by molar-refractivity contribution is -0.127. The number of aryl methyl sites for hydroxylation is 2. The van der Waals surface area contributed by atoms with Gasteiger partial charge in [0, 0.05) is 17.8 Å². The summed E-state index contributed by atoms with van der Waals surface area (Å²) < 4.78 is 0. The van der Waals surface area contributed by atoms with Crippen molar-refractivity contribution in [3.05, 3.63) is 87.4 Å². The molecule has 4 rings (SSSR count). The Morgan fingerprint density at radius 2 is 1.73 bits per heavy atom. The molecule has 0 bridgehead atoms. The fraction of sp³-hybridized carbons (Fsp3) is 0.360. The van der Waals surface area contributed by atoms with Crippen molar-refractivity contribution >= 4 is 17.2 Å². The molecular weight excluding hydrogens is 390 g/mol. The Labute approximate surface area is 183 Å². The van der Waals surface area contributed by atoms with Crippen LogP contribution in [0.4, 0.5) is 0 Å². The van der Waals surface area contributed by atoms with Gasteiger partial charge in [-0.25, -0.2) is 4.98 Å². The Morgan fingerprint density at radius 3 is 2.37 bits per heavy atom. The van der Waals surface area contributed by atoms with Crippen LogP contribution in [0.15, 0.2) is 60.0 Å². The van der Waals surface area contributed by atoms with Gasteiger partial charge in [0.05, 0.1) is 16.7 Å². The largest absolute Gasteiger partial charge is 0.345 e. The second-order valence-corrected chi connectivity index (χ2v) is 9.23. The van der Waals surface area contributed by atoms with E-state index in [9.17, 15) is 4.79 Å². The predicted molar refractivity (Wildman–Crippen MR) is 122 cm³/mol. The predicted octanol–water partition coefficient (Wildman–Crippen LogP) is 4.88. The minimum absolute atomic E-state index is 0.0649. The fourth-order valence-corrected chi connectivity index (χ4v) is 4.69. The molecule has 156 valence electrons. The van der Waals surface area contributed by atoms with Gasteiger partial charge in [0.1, 0.15) is 0 Å². The van der Waals surface area contributed by atoms with Crippen molar-refractivity contribution in [2.24, 2.45) is 5.92 Å². The van der Waals surface area contributed by atoms with Crippen LogP contribution < -0.4 is 5.32 Å². The van der Waals surface area contributed by atoms with E-state index in [1.807, 2.05) is 25.1 Å². The lowest BCUT2D eigenvalue weighted by Gasteiger charge is -2.32. The van der Waals surface area contributed by atoms with Gasteiger partial charge in [0.15, 0.2) is 0 Å². The molecule has 1 amide bonds. The number of aromatic nitrogens is 1. The topological polar surface area (TPSA) is 45.2 Å². The molecule has 0 radical (unpaired) electrons. The maximum Gasteiger partial charge on any atom is 0.223 e. The molecule has 30 heavy (non-hydrogen) atoms. The molecule has 1 fully saturated rings. The summed E-state index contributed by atoms with van der Waals surface area (Å²) in [5.74, 6) is 0.226. The van der Waals surface area contributed by atoms with Crippen LogP contribution in [0.1, 0.15) is 46.3 Å². The molecule has 1 atom stereocenters. The number of piperidine rings is 1. The van der Waals surface area contributed by atoms with E-state index < -0.39 is 0 Å². The van der Waals surface area contributed by atoms with E-state index in [0.717, 1.165) is 54.3 Å². The Hall–Kier alpha value is -2.50. The van der Waals surface area contributed by atoms with Crippen LogP contribution in [0.25, 0.3) is 0 Å². The smallest absolute Gasteiger partial charge is 0.223 e. The Balaban J connectivity index is 1.40. The number of amides is 1. The van der Waals surface area contributed by atoms with Crippen molar-refractivity contribution < 1.29 is 4.79 Å². The van der Waals surface area contributed by atoms with Crippen LogP contribution in [0, 0.1) is 19.8 Å². The number of benzene rings is 2. The van der Waals surface area contributed by atoms with E-state index in [2.05, 4.69) is 63.9 Å². The molecule has 4 nitrogen and oxygen atoms in total. The molecular formula is C25H29N3OS. The number of nitrogens with one attached hydrogen (secondary N) is 1. The highest BCUT2D eigenvalue weighted by Crippen LogP contribution is 2.25. The third-order valence-electron chi connectivity index (χ3n) is 5.84. The second kappa shape index (κ2) is 9.54. The lowest BCUT2D eigenvalue weighted by atomic mass is 9.93. The zero-order valence-corrected chi connectivity index (χ0v) is 18.5. The number of hydrogen-bond donors (Lipinski definition) is 1. The quantitative estimate of drug-likeness (QED) is 0.619. The highest BCUT2D eigenvalue weighted by atomic mass is 32.1. The maximum absolute atomic E-state index is 13.2. The summed E-state index contributed by atoms with van der Waals surface area (Å²) in [6.07, 6.45) is 1.79. The SMILES string of the molecule is Cc1ccc(C(NC(=O)C2CCN(Cc3csc(C)n3)CC2)c2ccccc2)cc1. The van der Waals surface area contributed by atoms with E-state index in [-0.39, 0.29) is 17.9 Å². The van der Waals surface area contributed by atoms with Crippen LogP contribution >= 0.6 is 11.3 Å². The number of nitrogens with zero attached hydrogens (tertiary/aromatic N) is 2. The number of carbonyl (C=O) groups is 1. The van der Waals surface area contributed by atoms with Crippen molar-refractivity contribution in [3.63, 3.8) is 0 Å². The first-order valence-corrected chi connectivity index (χ1v) is 11.5. The zero-order valence-electron chi connectivity index (χ0n) is 17.7. The highest BCUT2D eigenvalue weighted by Gasteiger charge is 2.27. The van der Waals surface area contributed by atoms with Crippen LogP contribution in [0.5, 0.6) is 0 Å². The van der Waals surface area contributed by atoms with E-state index >= 15 is 0 Å². The molecule has 0 aliphatic carbocycles. The van der Waals surface area contributed by atoms with Gasteiger partial charge < -0.3 is 5.32 Å². The van der Waals surface area contributed by atoms with Gasteiger partial charge in [0.25, 0.3) is 0 Å². The number of hydrogen-bond acceptors (Lipinski definition) is 4. The fourth-order valence-electron chi connectivity index (χ4n) is 4.09. The Kier molecular flexibility index (Phi) is 6.60. The lowest BCUT2D eigenvalue weighted by Crippen LogP contribution is -2.41. The van der Waals surface area contributed by atoms with Gasteiger partial charge in [-0.15, -0.1) is 11.3 Å². The van der Waals surface area contributed by atoms with Gasteiger partial charge >= 0.3 is 0 Å². The van der Waals surface area contributed by atoms with Gasteiger partial charge in [-0.3, -0.25) is 9.69 Å². The van der Waals surface area contributed by atoms with Crippen molar-refractivity contribution in [1.82, 2.24) is 15.2 Å². The van der Waals surface area contributed by atoms with Crippen molar-refractivity contribution in [1.29, 1.82) is 0 Å². The van der Waals surface area contributed by atoms with E-state index in [4.69, 9.17) is 0 Å². The van der Waals surface area contributed by atoms with Gasteiger partial charge in [-0.2, -0.15) is 0 Å². The van der Waals surface area contributed by atoms with Crippen LogP contribution in [0.3, 0.4) is 0 Å². The van der Waals surface area contributed by atoms with Gasteiger partial charge in [-0.1, -0.05) is 60.2 Å². The van der Waals surface area contributed by atoms with Crippen LogP contribution in [-0.2, 0) is 11.3 Å². The molecule has 1 N–H and O–H groups in total. The summed E-state index contributed by atoms with van der Waals surface area (Å²) in [6.45, 7) is 6.89. The first-order chi connectivity index (χ1) is 14.6. The maximum atomic E-state index is 13.2. The van der Waals surface area contributed by atoms with E-state index in [0.29, 0.717) is 0 Å². The Bertz CT molecular complexity index is 960. The van der Waals surface area contributed by atoms with Crippen molar-refractivity contribution in [2.45, 2.75) is 39.3 Å². The molecule has 1 aromatic heterocycles. The van der Waals surface area contributed by atoms with Crippen LogP contribution in [-0.4, -0.2) is 28.9 Å². The number of carbonyl (C=O) groups excluding carboxylic acids is 1. The molecule has 1 aliphatic rings. The van der Waals surface area contributed by atoms with E-state index in [1.54, 1.807) is 11.3 Å². The molecule has 3 aromatic rings. The average molecular weight is 420 g/mol. The number of thiazole rings is 1. The summed E-state index contributed by atoms with van der Waals surface area (Å²) in [5.41, 5.74) is 4.60. The Morgan fingerprint density at radius 1 is 1.07 bits per heavy atom. The molecule has 0 spiro atoms. The van der Waals surface area contributed by atoms with Gasteiger partial charge in [-0.05, 0) is 50.9 Å². The molecule has 2 aromatic carbocycles. The molecule has 0 saturated carbocycles. The minimum atomic E-state index is -0.115. The average Bonchev–Trinajstić information content (AvgIpc) is 3.18. The summed E-state index contributed by atoms with van der Waals surface area (Å²) in [6, 6.07) is 18.6. The molecule has 2 heterocycles. The zero-order chi connectivity index (χ0) is 20.9. The monoisotopic (exact) mass is 419 g/mol.